The molecule has 1 amide bonds. The van der Waals surface area contributed by atoms with Crippen molar-refractivity contribution < 1.29 is 18.7 Å². The smallest absolute Gasteiger partial charge is 0.265 e. The lowest BCUT2D eigenvalue weighted by atomic mass is 10.1. The number of ether oxygens (including phenoxy) is 2. The third kappa shape index (κ3) is 5.03. The van der Waals surface area contributed by atoms with E-state index in [4.69, 9.17) is 9.47 Å². The molecule has 0 saturated heterocycles. The van der Waals surface area contributed by atoms with Crippen molar-refractivity contribution in [2.24, 2.45) is 0 Å². The van der Waals surface area contributed by atoms with Crippen molar-refractivity contribution in [3.8, 4) is 22.9 Å². The number of anilines is 1. The fraction of sp³-hybridized carbons (Fsp3) is 0.190. The largest absolute Gasteiger partial charge is 0.481 e. The molecular formula is C21H20FN3O3. The van der Waals surface area contributed by atoms with Crippen LogP contribution in [0.5, 0.6) is 11.6 Å². The number of benzene rings is 2. The number of halogens is 1. The van der Waals surface area contributed by atoms with Gasteiger partial charge in [0.15, 0.2) is 6.10 Å². The van der Waals surface area contributed by atoms with Gasteiger partial charge in [0.2, 0.25) is 5.88 Å². The van der Waals surface area contributed by atoms with Gasteiger partial charge in [-0.1, -0.05) is 12.1 Å². The van der Waals surface area contributed by atoms with E-state index in [1.54, 1.807) is 25.1 Å². The summed E-state index contributed by atoms with van der Waals surface area (Å²) in [5.41, 5.74) is 2.20. The van der Waals surface area contributed by atoms with Gasteiger partial charge < -0.3 is 14.8 Å². The van der Waals surface area contributed by atoms with Gasteiger partial charge in [0.1, 0.15) is 11.6 Å². The van der Waals surface area contributed by atoms with Crippen LogP contribution in [0.2, 0.25) is 0 Å². The highest BCUT2D eigenvalue weighted by molar-refractivity contribution is 5.94. The Balaban J connectivity index is 1.59. The Hall–Kier alpha value is -3.48. The molecule has 1 aromatic heterocycles. The molecule has 1 unspecified atom stereocenters. The second kappa shape index (κ2) is 8.94. The minimum Gasteiger partial charge on any atom is -0.481 e. The van der Waals surface area contributed by atoms with Crippen LogP contribution in [-0.4, -0.2) is 28.8 Å². The predicted octanol–water partition coefficient (Wildman–Crippen LogP) is 4.09. The number of hydrogen-bond acceptors (Lipinski definition) is 5. The molecule has 2 aromatic carbocycles. The fourth-order valence-electron chi connectivity index (χ4n) is 2.44. The molecule has 7 heteroatoms. The van der Waals surface area contributed by atoms with E-state index in [-0.39, 0.29) is 11.7 Å². The maximum absolute atomic E-state index is 12.9. The van der Waals surface area contributed by atoms with Crippen molar-refractivity contribution in [3.63, 3.8) is 0 Å². The molecule has 1 N–H and O–H groups in total. The number of rotatable bonds is 7. The monoisotopic (exact) mass is 381 g/mol. The first-order chi connectivity index (χ1) is 13.5. The summed E-state index contributed by atoms with van der Waals surface area (Å²) in [6, 6.07) is 16.3. The number of amides is 1. The Morgan fingerprint density at radius 1 is 1.04 bits per heavy atom. The van der Waals surface area contributed by atoms with Gasteiger partial charge in [-0.2, -0.15) is 0 Å². The fourth-order valence-corrected chi connectivity index (χ4v) is 2.44. The van der Waals surface area contributed by atoms with Gasteiger partial charge in [0.25, 0.3) is 5.91 Å². The third-order valence-electron chi connectivity index (χ3n) is 3.88. The molecule has 3 rings (SSSR count). The van der Waals surface area contributed by atoms with Crippen molar-refractivity contribution in [3.05, 3.63) is 66.5 Å². The van der Waals surface area contributed by atoms with E-state index in [1.165, 1.54) is 24.3 Å². The van der Waals surface area contributed by atoms with Crippen molar-refractivity contribution in [1.82, 2.24) is 10.2 Å². The molecule has 0 aliphatic heterocycles. The molecule has 28 heavy (non-hydrogen) atoms. The van der Waals surface area contributed by atoms with E-state index in [2.05, 4.69) is 15.5 Å². The molecule has 0 aliphatic rings. The zero-order valence-corrected chi connectivity index (χ0v) is 15.6. The first kappa shape index (κ1) is 19.3. The van der Waals surface area contributed by atoms with Gasteiger partial charge in [-0.15, -0.1) is 10.2 Å². The Labute approximate surface area is 162 Å². The summed E-state index contributed by atoms with van der Waals surface area (Å²) in [7, 11) is 0. The van der Waals surface area contributed by atoms with Crippen LogP contribution in [0.25, 0.3) is 11.3 Å². The second-order valence-corrected chi connectivity index (χ2v) is 5.97. The first-order valence-electron chi connectivity index (χ1n) is 8.85. The summed E-state index contributed by atoms with van der Waals surface area (Å²) < 4.78 is 23.7. The summed E-state index contributed by atoms with van der Waals surface area (Å²) in [5.74, 6) is 0.235. The molecular weight excluding hydrogens is 361 g/mol. The molecule has 0 radical (unpaired) electrons. The SMILES string of the molecule is CCOc1ccc(-c2ccc(NC(=O)C(C)Oc3ccc(F)cc3)cc2)nn1. The Bertz CT molecular complexity index is 913. The lowest BCUT2D eigenvalue weighted by Gasteiger charge is -2.15. The topological polar surface area (TPSA) is 73.3 Å². The molecule has 0 fully saturated rings. The Kier molecular flexibility index (Phi) is 6.16. The number of nitrogens with zero attached hydrogens (tertiary/aromatic N) is 2. The molecule has 144 valence electrons. The van der Waals surface area contributed by atoms with Crippen LogP contribution < -0.4 is 14.8 Å². The van der Waals surface area contributed by atoms with E-state index in [9.17, 15) is 9.18 Å². The standard InChI is InChI=1S/C21H20FN3O3/c1-3-27-20-13-12-19(24-25-20)15-4-8-17(9-5-15)23-21(26)14(2)28-18-10-6-16(22)7-11-18/h4-14H,3H2,1-2H3,(H,23,26). The normalized spacial score (nSPS) is 11.5. The average molecular weight is 381 g/mol. The summed E-state index contributed by atoms with van der Waals surface area (Å²) in [5, 5.41) is 10.9. The number of carbonyl (C=O) groups excluding carboxylic acids is 1. The molecule has 1 heterocycles. The van der Waals surface area contributed by atoms with Gasteiger partial charge in [0.05, 0.1) is 12.3 Å². The van der Waals surface area contributed by atoms with Gasteiger partial charge >= 0.3 is 0 Å². The zero-order valence-electron chi connectivity index (χ0n) is 15.6. The van der Waals surface area contributed by atoms with Crippen LogP contribution in [0, 0.1) is 5.82 Å². The molecule has 0 spiro atoms. The maximum Gasteiger partial charge on any atom is 0.265 e. The van der Waals surface area contributed by atoms with Crippen LogP contribution >= 0.6 is 0 Å². The maximum atomic E-state index is 12.9. The van der Waals surface area contributed by atoms with E-state index < -0.39 is 6.10 Å². The number of nitrogens with one attached hydrogen (secondary N) is 1. The van der Waals surface area contributed by atoms with E-state index in [0.29, 0.717) is 29.6 Å². The summed E-state index contributed by atoms with van der Waals surface area (Å²) >= 11 is 0. The number of hydrogen-bond donors (Lipinski definition) is 1. The van der Waals surface area contributed by atoms with Crippen LogP contribution in [0.3, 0.4) is 0 Å². The van der Waals surface area contributed by atoms with Crippen LogP contribution in [0.4, 0.5) is 10.1 Å². The first-order valence-corrected chi connectivity index (χ1v) is 8.85. The van der Waals surface area contributed by atoms with Gasteiger partial charge in [0, 0.05) is 17.3 Å². The van der Waals surface area contributed by atoms with Gasteiger partial charge in [-0.25, -0.2) is 4.39 Å². The molecule has 0 saturated carbocycles. The van der Waals surface area contributed by atoms with Gasteiger partial charge in [-0.3, -0.25) is 4.79 Å². The predicted molar refractivity (Wildman–Crippen MR) is 104 cm³/mol. The number of carbonyl (C=O) groups is 1. The van der Waals surface area contributed by atoms with Crippen molar-refractivity contribution >= 4 is 11.6 Å². The second-order valence-electron chi connectivity index (χ2n) is 5.97. The summed E-state index contributed by atoms with van der Waals surface area (Å²) in [4.78, 5) is 12.3. The lowest BCUT2D eigenvalue weighted by Crippen LogP contribution is -2.30. The third-order valence-corrected chi connectivity index (χ3v) is 3.88. The average Bonchev–Trinajstić information content (AvgIpc) is 2.71. The van der Waals surface area contributed by atoms with Crippen molar-refractivity contribution in [1.29, 1.82) is 0 Å². The van der Waals surface area contributed by atoms with E-state index in [1.807, 2.05) is 25.1 Å². The van der Waals surface area contributed by atoms with Crippen molar-refractivity contribution in [2.45, 2.75) is 20.0 Å². The van der Waals surface area contributed by atoms with Crippen molar-refractivity contribution in [2.75, 3.05) is 11.9 Å². The highest BCUT2D eigenvalue weighted by atomic mass is 19.1. The molecule has 0 bridgehead atoms. The lowest BCUT2D eigenvalue weighted by molar-refractivity contribution is -0.122. The Morgan fingerprint density at radius 3 is 2.36 bits per heavy atom. The quantitative estimate of drug-likeness (QED) is 0.667. The molecule has 3 aromatic rings. The number of aromatic nitrogens is 2. The van der Waals surface area contributed by atoms with E-state index >= 15 is 0 Å². The van der Waals surface area contributed by atoms with E-state index in [0.717, 1.165) is 5.56 Å². The Morgan fingerprint density at radius 2 is 1.75 bits per heavy atom. The molecule has 1 atom stereocenters. The molecule has 0 aliphatic carbocycles. The van der Waals surface area contributed by atoms with Crippen LogP contribution in [-0.2, 0) is 4.79 Å². The zero-order chi connectivity index (χ0) is 19.9. The highest BCUT2D eigenvalue weighted by Crippen LogP contribution is 2.21. The van der Waals surface area contributed by atoms with Gasteiger partial charge in [-0.05, 0) is 56.3 Å². The van der Waals surface area contributed by atoms with Crippen LogP contribution in [0.15, 0.2) is 60.7 Å². The highest BCUT2D eigenvalue weighted by Gasteiger charge is 2.15. The van der Waals surface area contributed by atoms with Crippen LogP contribution in [0.1, 0.15) is 13.8 Å². The summed E-state index contributed by atoms with van der Waals surface area (Å²) in [6.45, 7) is 4.04. The minimum absolute atomic E-state index is 0.307. The summed E-state index contributed by atoms with van der Waals surface area (Å²) in [6.07, 6.45) is -0.734. The minimum atomic E-state index is -0.734. The molecule has 6 nitrogen and oxygen atoms in total.